The fourth-order valence-electron chi connectivity index (χ4n) is 5.29. The first-order chi connectivity index (χ1) is 16.3. The lowest BCUT2D eigenvalue weighted by Crippen LogP contribution is -2.59. The summed E-state index contributed by atoms with van der Waals surface area (Å²) in [4.78, 5) is 36.2. The summed E-state index contributed by atoms with van der Waals surface area (Å²) in [6.45, 7) is 15.0. The van der Waals surface area contributed by atoms with Crippen LogP contribution in [-0.4, -0.2) is 72.5 Å². The highest BCUT2D eigenvalue weighted by molar-refractivity contribution is 5.87. The van der Waals surface area contributed by atoms with Gasteiger partial charge in [0, 0.05) is 36.5 Å². The number of hydrogen-bond donors (Lipinski definition) is 3. The van der Waals surface area contributed by atoms with E-state index in [2.05, 4.69) is 67.5 Å². The third-order valence-electron chi connectivity index (χ3n) is 6.81. The summed E-state index contributed by atoms with van der Waals surface area (Å²) in [6.07, 6.45) is 4.79. The third-order valence-corrected chi connectivity index (χ3v) is 6.81. The van der Waals surface area contributed by atoms with E-state index in [4.69, 9.17) is 5.10 Å². The SMILES string of the molecule is CC(=O)N[C@@H]1CC(NC(C)(C)C)CC[C@@H]1N1CC[C@H](Nc2ncnc3cc(C(C)(C)C)nn23)C1=O. The highest BCUT2D eigenvalue weighted by Gasteiger charge is 2.42. The zero-order chi connectivity index (χ0) is 25.5. The minimum atomic E-state index is -0.390. The fraction of sp³-hybridized carbons (Fsp3) is 0.720. The Labute approximate surface area is 207 Å². The van der Waals surface area contributed by atoms with Gasteiger partial charge in [-0.05, 0) is 46.5 Å². The molecular formula is C25H40N8O2. The van der Waals surface area contributed by atoms with Crippen LogP contribution >= 0.6 is 0 Å². The Bertz CT molecular complexity index is 1080. The summed E-state index contributed by atoms with van der Waals surface area (Å²) in [7, 11) is 0. The zero-order valence-corrected chi connectivity index (χ0v) is 22.1. The molecule has 3 heterocycles. The number of carbonyl (C=O) groups excluding carboxylic acids is 2. The van der Waals surface area contributed by atoms with Crippen molar-refractivity contribution in [1.29, 1.82) is 0 Å². The smallest absolute Gasteiger partial charge is 0.245 e. The number of likely N-dealkylation sites (tertiary alicyclic amines) is 1. The van der Waals surface area contributed by atoms with Gasteiger partial charge in [-0.25, -0.2) is 9.97 Å². The van der Waals surface area contributed by atoms with Crippen molar-refractivity contribution >= 4 is 23.4 Å². The molecule has 2 aliphatic rings. The van der Waals surface area contributed by atoms with E-state index in [0.717, 1.165) is 25.0 Å². The van der Waals surface area contributed by atoms with Gasteiger partial charge in [0.2, 0.25) is 17.8 Å². The molecule has 35 heavy (non-hydrogen) atoms. The molecule has 1 aliphatic heterocycles. The summed E-state index contributed by atoms with van der Waals surface area (Å²) < 4.78 is 1.68. The monoisotopic (exact) mass is 484 g/mol. The molecule has 0 spiro atoms. The molecule has 4 atom stereocenters. The maximum absolute atomic E-state index is 13.5. The number of amides is 2. The second-order valence-electron chi connectivity index (χ2n) is 12.0. The van der Waals surface area contributed by atoms with Crippen LogP contribution in [0.3, 0.4) is 0 Å². The second kappa shape index (κ2) is 9.37. The van der Waals surface area contributed by atoms with Crippen LogP contribution < -0.4 is 16.0 Å². The highest BCUT2D eigenvalue weighted by Crippen LogP contribution is 2.30. The topological polar surface area (TPSA) is 117 Å². The van der Waals surface area contributed by atoms with Crippen molar-refractivity contribution in [2.45, 2.75) is 109 Å². The molecule has 2 aromatic rings. The van der Waals surface area contributed by atoms with Gasteiger partial charge in [0.1, 0.15) is 12.4 Å². The average Bonchev–Trinajstić information content (AvgIpc) is 3.32. The van der Waals surface area contributed by atoms with Gasteiger partial charge in [-0.15, -0.1) is 0 Å². The normalized spacial score (nSPS) is 25.8. The number of carbonyl (C=O) groups is 2. The summed E-state index contributed by atoms with van der Waals surface area (Å²) in [5, 5.41) is 14.8. The summed E-state index contributed by atoms with van der Waals surface area (Å²) >= 11 is 0. The van der Waals surface area contributed by atoms with E-state index in [1.807, 2.05) is 11.0 Å². The minimum absolute atomic E-state index is 0.00100. The molecule has 2 aromatic heterocycles. The van der Waals surface area contributed by atoms with Crippen LogP contribution in [0.25, 0.3) is 5.65 Å². The van der Waals surface area contributed by atoms with E-state index in [1.54, 1.807) is 11.4 Å². The van der Waals surface area contributed by atoms with Gasteiger partial charge in [0.05, 0.1) is 17.8 Å². The molecule has 0 radical (unpaired) electrons. The van der Waals surface area contributed by atoms with E-state index in [-0.39, 0.29) is 34.9 Å². The Balaban J connectivity index is 1.49. The van der Waals surface area contributed by atoms with Crippen LogP contribution in [0, 0.1) is 0 Å². The van der Waals surface area contributed by atoms with Crippen molar-refractivity contribution in [2.75, 3.05) is 11.9 Å². The largest absolute Gasteiger partial charge is 0.351 e. The van der Waals surface area contributed by atoms with E-state index in [9.17, 15) is 9.59 Å². The average molecular weight is 485 g/mol. The lowest BCUT2D eigenvalue weighted by molar-refractivity contribution is -0.132. The maximum atomic E-state index is 13.5. The maximum Gasteiger partial charge on any atom is 0.245 e. The number of hydrogen-bond acceptors (Lipinski definition) is 7. The number of nitrogens with one attached hydrogen (secondary N) is 3. The van der Waals surface area contributed by atoms with Gasteiger partial charge in [-0.2, -0.15) is 9.61 Å². The standard InChI is InChI=1S/C25H40N8O2/c1-15(34)28-18-12-16(30-25(5,6)7)8-9-19(18)32-11-10-17(22(32)35)29-23-27-14-26-21-13-20(24(2,3)4)31-33(21)23/h13-14,16-19,30H,8-12H2,1-7H3,(H,28,34)(H,26,27,29)/t16?,17-,18+,19-/m0/s1. The molecule has 3 N–H and O–H groups in total. The van der Waals surface area contributed by atoms with Crippen molar-refractivity contribution in [1.82, 2.24) is 35.1 Å². The summed E-state index contributed by atoms with van der Waals surface area (Å²) in [6, 6.07) is 1.78. The Morgan fingerprint density at radius 1 is 1.09 bits per heavy atom. The van der Waals surface area contributed by atoms with Crippen LogP contribution in [0.15, 0.2) is 12.4 Å². The first-order valence-electron chi connectivity index (χ1n) is 12.6. The lowest BCUT2D eigenvalue weighted by atomic mass is 9.84. The fourth-order valence-corrected chi connectivity index (χ4v) is 5.29. The first-order valence-corrected chi connectivity index (χ1v) is 12.6. The molecule has 1 saturated carbocycles. The molecule has 4 rings (SSSR count). The summed E-state index contributed by atoms with van der Waals surface area (Å²) in [5.41, 5.74) is 1.49. The number of fused-ring (bicyclic) bond motifs is 1. The van der Waals surface area contributed by atoms with Crippen LogP contribution in [0.2, 0.25) is 0 Å². The van der Waals surface area contributed by atoms with Crippen molar-refractivity contribution < 1.29 is 9.59 Å². The molecule has 1 aliphatic carbocycles. The first kappa shape index (κ1) is 25.3. The molecule has 2 amide bonds. The Hall–Kier alpha value is -2.75. The summed E-state index contributed by atoms with van der Waals surface area (Å²) in [5.74, 6) is 0.499. The van der Waals surface area contributed by atoms with Gasteiger partial charge in [-0.3, -0.25) is 9.59 Å². The number of anilines is 1. The molecule has 1 unspecified atom stereocenters. The van der Waals surface area contributed by atoms with Crippen molar-refractivity contribution in [2.24, 2.45) is 0 Å². The van der Waals surface area contributed by atoms with Crippen LogP contribution in [0.5, 0.6) is 0 Å². The molecule has 192 valence electrons. The predicted octanol–water partition coefficient (Wildman–Crippen LogP) is 2.25. The van der Waals surface area contributed by atoms with Crippen LogP contribution in [0.1, 0.15) is 79.8 Å². The predicted molar refractivity (Wildman–Crippen MR) is 135 cm³/mol. The Kier molecular flexibility index (Phi) is 6.78. The van der Waals surface area contributed by atoms with Crippen molar-refractivity contribution in [3.8, 4) is 0 Å². The number of nitrogens with zero attached hydrogens (tertiary/aromatic N) is 5. The molecular weight excluding hydrogens is 444 g/mol. The van der Waals surface area contributed by atoms with Gasteiger partial charge in [-0.1, -0.05) is 20.8 Å². The van der Waals surface area contributed by atoms with Gasteiger partial charge < -0.3 is 20.9 Å². The van der Waals surface area contributed by atoms with Gasteiger partial charge >= 0.3 is 0 Å². The molecule has 10 heteroatoms. The molecule has 0 bridgehead atoms. The van der Waals surface area contributed by atoms with Crippen molar-refractivity contribution in [3.05, 3.63) is 18.1 Å². The lowest BCUT2D eigenvalue weighted by Gasteiger charge is -2.43. The van der Waals surface area contributed by atoms with Crippen molar-refractivity contribution in [3.63, 3.8) is 0 Å². The molecule has 1 saturated heterocycles. The van der Waals surface area contributed by atoms with E-state index >= 15 is 0 Å². The number of aromatic nitrogens is 4. The Morgan fingerprint density at radius 2 is 1.83 bits per heavy atom. The van der Waals surface area contributed by atoms with Gasteiger partial charge in [0.25, 0.3) is 0 Å². The zero-order valence-electron chi connectivity index (χ0n) is 22.1. The highest BCUT2D eigenvalue weighted by atomic mass is 16.2. The van der Waals surface area contributed by atoms with Gasteiger partial charge in [0.15, 0.2) is 5.65 Å². The third kappa shape index (κ3) is 5.74. The number of rotatable bonds is 5. The Morgan fingerprint density at radius 3 is 2.49 bits per heavy atom. The molecule has 0 aromatic carbocycles. The quantitative estimate of drug-likeness (QED) is 0.596. The van der Waals surface area contributed by atoms with Crippen LogP contribution in [0.4, 0.5) is 5.95 Å². The van der Waals surface area contributed by atoms with E-state index in [1.165, 1.54) is 6.33 Å². The molecule has 2 fully saturated rings. The minimum Gasteiger partial charge on any atom is -0.351 e. The van der Waals surface area contributed by atoms with E-state index < -0.39 is 6.04 Å². The van der Waals surface area contributed by atoms with Crippen LogP contribution in [-0.2, 0) is 15.0 Å². The van der Waals surface area contributed by atoms with E-state index in [0.29, 0.717) is 30.6 Å². The molecule has 10 nitrogen and oxygen atoms in total. The second-order valence-corrected chi connectivity index (χ2v) is 12.0.